The molecule has 8 heteroatoms. The summed E-state index contributed by atoms with van der Waals surface area (Å²) in [6, 6.07) is 19.2. The van der Waals surface area contributed by atoms with Gasteiger partial charge in [0, 0.05) is 23.9 Å². The van der Waals surface area contributed by atoms with E-state index in [1.165, 1.54) is 29.3 Å². The largest absolute Gasteiger partial charge is 0.439 e. The zero-order valence-corrected chi connectivity index (χ0v) is 15.9. The monoisotopic (exact) mass is 411 g/mol. The van der Waals surface area contributed by atoms with Crippen LogP contribution in [0.15, 0.2) is 87.0 Å². The van der Waals surface area contributed by atoms with E-state index in [0.29, 0.717) is 16.5 Å². The van der Waals surface area contributed by atoms with Gasteiger partial charge in [-0.1, -0.05) is 30.3 Å². The normalized spacial score (nSPS) is 12.2. The number of fused-ring (bicyclic) bond motifs is 3. The van der Waals surface area contributed by atoms with Crippen molar-refractivity contribution in [1.82, 2.24) is 0 Å². The lowest BCUT2D eigenvalue weighted by atomic mass is 10.1. The van der Waals surface area contributed by atoms with Crippen molar-refractivity contribution in [1.29, 1.82) is 0 Å². The van der Waals surface area contributed by atoms with Gasteiger partial charge in [0.2, 0.25) is 11.3 Å². The second kappa shape index (κ2) is 7.03. The molecule has 0 spiro atoms. The Bertz CT molecular complexity index is 1460. The number of hydrogen-bond acceptors (Lipinski definition) is 6. The Hall–Kier alpha value is -4.59. The molecule has 1 aliphatic rings. The molecule has 0 saturated heterocycles. The molecule has 5 rings (SSSR count). The molecule has 31 heavy (non-hydrogen) atoms. The summed E-state index contributed by atoms with van der Waals surface area (Å²) in [5.41, 5.74) is 0.668. The highest BCUT2D eigenvalue weighted by Crippen LogP contribution is 2.41. The Morgan fingerprint density at radius 3 is 2.52 bits per heavy atom. The molecule has 3 aromatic carbocycles. The number of aliphatic imine (C=N–C) groups is 1. The lowest BCUT2D eigenvalue weighted by Gasteiger charge is -2.22. The van der Waals surface area contributed by atoms with Crippen LogP contribution in [0.4, 0.5) is 22.9 Å². The summed E-state index contributed by atoms with van der Waals surface area (Å²) in [4.78, 5) is 42.9. The van der Waals surface area contributed by atoms with Crippen molar-refractivity contribution in [2.75, 3.05) is 4.90 Å². The van der Waals surface area contributed by atoms with E-state index < -0.39 is 10.8 Å². The van der Waals surface area contributed by atoms with Crippen molar-refractivity contribution < 1.29 is 14.1 Å². The molecular formula is C23H13N3O5. The number of non-ortho nitro benzene ring substituents is 1. The van der Waals surface area contributed by atoms with Gasteiger partial charge in [0.15, 0.2) is 0 Å². The topological polar surface area (TPSA) is 106 Å². The third-order valence-corrected chi connectivity index (χ3v) is 4.98. The van der Waals surface area contributed by atoms with E-state index in [9.17, 15) is 19.7 Å². The first-order valence-electron chi connectivity index (χ1n) is 9.32. The van der Waals surface area contributed by atoms with Crippen LogP contribution in [-0.2, 0) is 0 Å². The fraction of sp³-hybridized carbons (Fsp3) is 0. The Labute approximate surface area is 174 Å². The quantitative estimate of drug-likeness (QED) is 0.350. The van der Waals surface area contributed by atoms with Gasteiger partial charge in [-0.2, -0.15) is 0 Å². The number of nitro groups is 1. The van der Waals surface area contributed by atoms with Crippen LogP contribution in [0.25, 0.3) is 11.0 Å². The highest BCUT2D eigenvalue weighted by molar-refractivity contribution is 6.15. The van der Waals surface area contributed by atoms with E-state index in [1.54, 1.807) is 54.6 Å². The third-order valence-electron chi connectivity index (χ3n) is 4.98. The summed E-state index contributed by atoms with van der Waals surface area (Å²) < 4.78 is 6.01. The molecule has 0 aliphatic carbocycles. The van der Waals surface area contributed by atoms with Crippen LogP contribution in [0.3, 0.4) is 0 Å². The number of carbonyl (C=O) groups excluding carboxylic acids is 1. The standard InChI is InChI=1S/C23H13N3O5/c27-21-16-8-4-5-9-20(16)31-23-17(21)13-24-18-12-15(26(29)30)10-11-19(18)25(23)22(28)14-6-2-1-3-7-14/h1-13H. The lowest BCUT2D eigenvalue weighted by Crippen LogP contribution is -2.28. The first kappa shape index (κ1) is 18.4. The highest BCUT2D eigenvalue weighted by Gasteiger charge is 2.31. The van der Waals surface area contributed by atoms with Gasteiger partial charge in [-0.15, -0.1) is 0 Å². The van der Waals surface area contributed by atoms with E-state index in [2.05, 4.69) is 4.99 Å². The number of hydrogen-bond donors (Lipinski definition) is 0. The number of benzene rings is 3. The van der Waals surface area contributed by atoms with Crippen molar-refractivity contribution in [3.63, 3.8) is 0 Å². The van der Waals surface area contributed by atoms with Crippen LogP contribution >= 0.6 is 0 Å². The average Bonchev–Trinajstić information content (AvgIpc) is 2.96. The van der Waals surface area contributed by atoms with Gasteiger partial charge in [0.25, 0.3) is 11.6 Å². The van der Waals surface area contributed by atoms with E-state index in [0.717, 1.165) is 0 Å². The van der Waals surface area contributed by atoms with Gasteiger partial charge in [0.05, 0.1) is 21.7 Å². The number of nitrogens with zero attached hydrogens (tertiary/aromatic N) is 3. The molecule has 0 fully saturated rings. The van der Waals surface area contributed by atoms with E-state index in [4.69, 9.17) is 4.42 Å². The predicted octanol–water partition coefficient (Wildman–Crippen LogP) is 4.74. The van der Waals surface area contributed by atoms with Crippen molar-refractivity contribution in [3.05, 3.63) is 104 Å². The molecular weight excluding hydrogens is 398 g/mol. The summed E-state index contributed by atoms with van der Waals surface area (Å²) in [5, 5.41) is 11.6. The number of rotatable bonds is 2. The smallest absolute Gasteiger partial charge is 0.271 e. The van der Waals surface area contributed by atoms with Gasteiger partial charge < -0.3 is 4.42 Å². The zero-order chi connectivity index (χ0) is 21.5. The van der Waals surface area contributed by atoms with Crippen LogP contribution in [-0.4, -0.2) is 17.0 Å². The van der Waals surface area contributed by atoms with Crippen LogP contribution in [0.5, 0.6) is 0 Å². The van der Waals surface area contributed by atoms with Gasteiger partial charge in [0.1, 0.15) is 11.1 Å². The Balaban J connectivity index is 1.83. The molecule has 0 N–H and O–H groups in total. The first-order valence-corrected chi connectivity index (χ1v) is 9.32. The lowest BCUT2D eigenvalue weighted by molar-refractivity contribution is -0.384. The van der Waals surface area contributed by atoms with Crippen molar-refractivity contribution in [3.8, 4) is 0 Å². The molecule has 1 aliphatic heterocycles. The maximum absolute atomic E-state index is 13.5. The minimum Gasteiger partial charge on any atom is -0.439 e. The molecule has 0 atom stereocenters. The maximum Gasteiger partial charge on any atom is 0.271 e. The predicted molar refractivity (Wildman–Crippen MR) is 116 cm³/mol. The van der Waals surface area contributed by atoms with Crippen LogP contribution < -0.4 is 10.3 Å². The molecule has 1 amide bonds. The number of amides is 1. The van der Waals surface area contributed by atoms with Gasteiger partial charge in [-0.25, -0.2) is 4.90 Å². The molecule has 8 nitrogen and oxygen atoms in total. The minimum atomic E-state index is -0.547. The summed E-state index contributed by atoms with van der Waals surface area (Å²) in [6.45, 7) is 0. The van der Waals surface area contributed by atoms with E-state index >= 15 is 0 Å². The second-order valence-electron chi connectivity index (χ2n) is 6.84. The number of nitro benzene ring substituents is 1. The van der Waals surface area contributed by atoms with Crippen molar-refractivity contribution in [2.45, 2.75) is 0 Å². The maximum atomic E-state index is 13.5. The average molecular weight is 411 g/mol. The molecule has 2 heterocycles. The fourth-order valence-electron chi connectivity index (χ4n) is 3.50. The molecule has 0 unspecified atom stereocenters. The van der Waals surface area contributed by atoms with E-state index in [1.807, 2.05) is 0 Å². The summed E-state index contributed by atoms with van der Waals surface area (Å²) in [6.07, 6.45) is 1.29. The fourth-order valence-corrected chi connectivity index (χ4v) is 3.50. The number of carbonyl (C=O) groups is 1. The van der Waals surface area contributed by atoms with Crippen LogP contribution in [0.2, 0.25) is 0 Å². The summed E-state index contributed by atoms with van der Waals surface area (Å²) in [5.74, 6) is -0.449. The van der Waals surface area contributed by atoms with E-state index in [-0.39, 0.29) is 33.9 Å². The molecule has 0 bridgehead atoms. The van der Waals surface area contributed by atoms with Gasteiger partial charge in [-0.05, 0) is 30.3 Å². The van der Waals surface area contributed by atoms with Crippen LogP contribution in [0, 0.1) is 10.1 Å². The molecule has 0 radical (unpaired) electrons. The highest BCUT2D eigenvalue weighted by atomic mass is 16.6. The molecule has 1 aromatic heterocycles. The Morgan fingerprint density at radius 2 is 1.74 bits per heavy atom. The molecule has 4 aromatic rings. The van der Waals surface area contributed by atoms with Gasteiger partial charge >= 0.3 is 0 Å². The zero-order valence-electron chi connectivity index (χ0n) is 15.9. The SMILES string of the molecule is O=C(c1ccccc1)N1c2ccc([N+](=O)[O-])cc2N=Cc2c1oc1ccccc1c2=O. The van der Waals surface area contributed by atoms with Crippen LogP contribution in [0.1, 0.15) is 15.9 Å². The minimum absolute atomic E-state index is 0.00825. The number of para-hydroxylation sites is 1. The second-order valence-corrected chi connectivity index (χ2v) is 6.84. The Kier molecular flexibility index (Phi) is 4.18. The first-order chi connectivity index (χ1) is 15.0. The summed E-state index contributed by atoms with van der Waals surface area (Å²) >= 11 is 0. The Morgan fingerprint density at radius 1 is 1.00 bits per heavy atom. The van der Waals surface area contributed by atoms with Crippen molar-refractivity contribution in [2.24, 2.45) is 4.99 Å². The molecule has 150 valence electrons. The van der Waals surface area contributed by atoms with Gasteiger partial charge in [-0.3, -0.25) is 24.7 Å². The number of anilines is 2. The third kappa shape index (κ3) is 2.98. The molecule has 0 saturated carbocycles. The van der Waals surface area contributed by atoms with Crippen molar-refractivity contribution >= 4 is 46.0 Å². The summed E-state index contributed by atoms with van der Waals surface area (Å²) in [7, 11) is 0.